The van der Waals surface area contributed by atoms with Crippen molar-refractivity contribution in [3.05, 3.63) is 80.9 Å². The van der Waals surface area contributed by atoms with Crippen LogP contribution in [0.5, 0.6) is 23.1 Å². The maximum Gasteiger partial charge on any atom is 0.271 e. The summed E-state index contributed by atoms with van der Waals surface area (Å²) in [5, 5.41) is 20.6. The van der Waals surface area contributed by atoms with Gasteiger partial charge in [0, 0.05) is 0 Å². The number of carbonyl (C=O) groups is 1. The van der Waals surface area contributed by atoms with E-state index in [9.17, 15) is 24.3 Å². The van der Waals surface area contributed by atoms with Crippen LogP contribution in [0, 0.1) is 24.1 Å². The molecule has 34 heavy (non-hydrogen) atoms. The Morgan fingerprint density at radius 3 is 2.71 bits per heavy atom. The van der Waals surface area contributed by atoms with Crippen molar-refractivity contribution in [1.29, 1.82) is 5.26 Å². The topological polar surface area (TPSA) is 111 Å². The lowest BCUT2D eigenvalue weighted by molar-refractivity contribution is 0.0774. The highest BCUT2D eigenvalue weighted by atomic mass is 19.1. The molecule has 0 spiro atoms. The van der Waals surface area contributed by atoms with Gasteiger partial charge in [0.2, 0.25) is 18.5 Å². The molecular weight excluding hydrogens is 443 g/mol. The van der Waals surface area contributed by atoms with Crippen molar-refractivity contribution in [3.8, 4) is 29.2 Å². The third-order valence-corrected chi connectivity index (χ3v) is 5.59. The quantitative estimate of drug-likeness (QED) is 0.531. The number of ether oxygens (including phenoxy) is 3. The maximum atomic E-state index is 14.1. The van der Waals surface area contributed by atoms with Crippen LogP contribution in [0.25, 0.3) is 0 Å². The molecular formula is C25H21FN2O6. The summed E-state index contributed by atoms with van der Waals surface area (Å²) < 4.78 is 31.3. The fraction of sp³-hybridized carbons (Fsp3) is 0.240. The number of aromatic nitrogens is 1. The largest absolute Gasteiger partial charge is 0.494 e. The van der Waals surface area contributed by atoms with E-state index >= 15 is 0 Å². The van der Waals surface area contributed by atoms with Crippen LogP contribution >= 0.6 is 0 Å². The first kappa shape index (κ1) is 22.9. The molecule has 1 N–H and O–H groups in total. The summed E-state index contributed by atoms with van der Waals surface area (Å²) in [6.45, 7) is 3.03. The first-order chi connectivity index (χ1) is 16.3. The number of benzene rings is 2. The van der Waals surface area contributed by atoms with Gasteiger partial charge in [-0.3, -0.25) is 14.2 Å². The highest BCUT2D eigenvalue weighted by molar-refractivity contribution is 6.03. The van der Waals surface area contributed by atoms with Crippen molar-refractivity contribution in [2.45, 2.75) is 32.9 Å². The molecule has 0 bridgehead atoms. The van der Waals surface area contributed by atoms with Gasteiger partial charge in [-0.05, 0) is 48.7 Å². The van der Waals surface area contributed by atoms with Crippen LogP contribution in [-0.2, 0) is 6.54 Å². The Balaban J connectivity index is 1.76. The number of hydrogen-bond donors (Lipinski definition) is 1. The lowest BCUT2D eigenvalue weighted by Gasteiger charge is -2.20. The molecule has 1 atom stereocenters. The predicted molar refractivity (Wildman–Crippen MR) is 119 cm³/mol. The molecule has 1 aliphatic rings. The zero-order chi connectivity index (χ0) is 24.4. The summed E-state index contributed by atoms with van der Waals surface area (Å²) in [6, 6.07) is 12.5. The molecule has 2 heterocycles. The molecule has 1 unspecified atom stereocenters. The molecule has 0 saturated heterocycles. The molecule has 0 fully saturated rings. The normalized spacial score (nSPS) is 12.8. The Morgan fingerprint density at radius 1 is 1.26 bits per heavy atom. The molecule has 2 aromatic carbocycles. The average molecular weight is 464 g/mol. The number of para-hydroxylation sites is 1. The second-order valence-electron chi connectivity index (χ2n) is 7.70. The second-order valence-corrected chi connectivity index (χ2v) is 7.70. The van der Waals surface area contributed by atoms with Gasteiger partial charge in [0.15, 0.2) is 29.2 Å². The van der Waals surface area contributed by atoms with Crippen LogP contribution in [0.15, 0.2) is 47.3 Å². The van der Waals surface area contributed by atoms with E-state index in [1.54, 1.807) is 31.2 Å². The highest BCUT2D eigenvalue weighted by Crippen LogP contribution is 2.33. The van der Waals surface area contributed by atoms with Crippen LogP contribution in [0.4, 0.5) is 4.39 Å². The van der Waals surface area contributed by atoms with Crippen molar-refractivity contribution in [2.24, 2.45) is 0 Å². The van der Waals surface area contributed by atoms with Crippen molar-refractivity contribution in [3.63, 3.8) is 0 Å². The number of Topliss-reactive ketones (excluding diaryl/α,β-unsaturated/α-hetero) is 1. The standard InChI is InChI=1S/C25H21FN2O6/c1-3-18(34-19-7-5-4-6-17(19)26)23(29)22-14(2)16(11-27)24(30)28(25(22)31)12-15-8-9-20-21(10-15)33-13-32-20/h4-10,18,31H,3,12-13H2,1-2H3. The van der Waals surface area contributed by atoms with Gasteiger partial charge in [-0.1, -0.05) is 25.1 Å². The van der Waals surface area contributed by atoms with Crippen LogP contribution in [0.2, 0.25) is 0 Å². The van der Waals surface area contributed by atoms with Crippen molar-refractivity contribution < 1.29 is 28.5 Å². The van der Waals surface area contributed by atoms with Gasteiger partial charge in [0.25, 0.3) is 5.56 Å². The fourth-order valence-corrected chi connectivity index (χ4v) is 3.79. The lowest BCUT2D eigenvalue weighted by Crippen LogP contribution is -2.32. The molecule has 4 rings (SSSR count). The number of rotatable bonds is 7. The molecule has 1 aliphatic heterocycles. The molecule has 1 aromatic heterocycles. The Labute approximate surface area is 194 Å². The summed E-state index contributed by atoms with van der Waals surface area (Å²) in [5.74, 6) is -0.988. The van der Waals surface area contributed by atoms with Crippen LogP contribution in [0.3, 0.4) is 0 Å². The molecule has 0 saturated carbocycles. The number of carbonyl (C=O) groups excluding carboxylic acids is 1. The number of ketones is 1. The van der Waals surface area contributed by atoms with E-state index in [4.69, 9.17) is 14.2 Å². The minimum absolute atomic E-state index is 0.0347. The number of fused-ring (bicyclic) bond motifs is 1. The highest BCUT2D eigenvalue weighted by Gasteiger charge is 2.30. The smallest absolute Gasteiger partial charge is 0.271 e. The van der Waals surface area contributed by atoms with Crippen molar-refractivity contribution in [1.82, 2.24) is 4.57 Å². The van der Waals surface area contributed by atoms with E-state index in [0.717, 1.165) is 4.57 Å². The Morgan fingerprint density at radius 2 is 2.00 bits per heavy atom. The van der Waals surface area contributed by atoms with E-state index in [1.807, 2.05) is 6.07 Å². The Bertz CT molecular complexity index is 1380. The third kappa shape index (κ3) is 4.06. The minimum atomic E-state index is -1.15. The van der Waals surface area contributed by atoms with E-state index in [2.05, 4.69) is 0 Å². The number of halogens is 1. The molecule has 8 nitrogen and oxygen atoms in total. The van der Waals surface area contributed by atoms with Gasteiger partial charge in [0.05, 0.1) is 12.1 Å². The maximum absolute atomic E-state index is 14.1. The predicted octanol–water partition coefficient (Wildman–Crippen LogP) is 3.69. The molecule has 3 aromatic rings. The van der Waals surface area contributed by atoms with Gasteiger partial charge in [-0.25, -0.2) is 4.39 Å². The SMILES string of the molecule is CCC(Oc1ccccc1F)C(=O)c1c(C)c(C#N)c(=O)n(Cc2ccc3c(c2)OCO3)c1O. The van der Waals surface area contributed by atoms with Crippen molar-refractivity contribution >= 4 is 5.78 Å². The number of nitrogens with zero attached hydrogens (tertiary/aromatic N) is 2. The van der Waals surface area contributed by atoms with Crippen LogP contribution < -0.4 is 19.8 Å². The number of aromatic hydroxyl groups is 1. The minimum Gasteiger partial charge on any atom is -0.494 e. The zero-order valence-electron chi connectivity index (χ0n) is 18.5. The first-order valence-electron chi connectivity index (χ1n) is 10.6. The van der Waals surface area contributed by atoms with Crippen LogP contribution in [0.1, 0.15) is 40.4 Å². The van der Waals surface area contributed by atoms with E-state index in [1.165, 1.54) is 25.1 Å². The summed E-state index contributed by atoms with van der Waals surface area (Å²) in [4.78, 5) is 26.4. The van der Waals surface area contributed by atoms with Gasteiger partial charge >= 0.3 is 0 Å². The van der Waals surface area contributed by atoms with Crippen molar-refractivity contribution in [2.75, 3.05) is 6.79 Å². The number of hydrogen-bond acceptors (Lipinski definition) is 7. The molecule has 174 valence electrons. The van der Waals surface area contributed by atoms with E-state index < -0.39 is 29.1 Å². The number of nitriles is 1. The molecule has 0 amide bonds. The van der Waals surface area contributed by atoms with E-state index in [-0.39, 0.29) is 42.2 Å². The molecule has 9 heteroatoms. The van der Waals surface area contributed by atoms with Gasteiger partial charge in [0.1, 0.15) is 11.6 Å². The fourth-order valence-electron chi connectivity index (χ4n) is 3.79. The first-order valence-corrected chi connectivity index (χ1v) is 10.6. The summed E-state index contributed by atoms with van der Waals surface area (Å²) in [7, 11) is 0. The summed E-state index contributed by atoms with van der Waals surface area (Å²) in [5.41, 5.74) is -0.618. The second kappa shape index (κ2) is 9.27. The van der Waals surface area contributed by atoms with E-state index in [0.29, 0.717) is 17.1 Å². The van der Waals surface area contributed by atoms with Gasteiger partial charge < -0.3 is 19.3 Å². The Hall–Kier alpha value is -4.32. The lowest BCUT2D eigenvalue weighted by atomic mass is 9.97. The van der Waals surface area contributed by atoms with Crippen LogP contribution in [-0.4, -0.2) is 28.4 Å². The average Bonchev–Trinajstić information content (AvgIpc) is 3.29. The van der Waals surface area contributed by atoms with Gasteiger partial charge in [-0.15, -0.1) is 0 Å². The number of pyridine rings is 1. The molecule has 0 radical (unpaired) electrons. The molecule has 0 aliphatic carbocycles. The summed E-state index contributed by atoms with van der Waals surface area (Å²) >= 11 is 0. The van der Waals surface area contributed by atoms with Gasteiger partial charge in [-0.2, -0.15) is 5.26 Å². The summed E-state index contributed by atoms with van der Waals surface area (Å²) in [6.07, 6.45) is -0.987. The zero-order valence-corrected chi connectivity index (χ0v) is 18.5. The monoisotopic (exact) mass is 464 g/mol. The Kier molecular flexibility index (Phi) is 6.23. The third-order valence-electron chi connectivity index (χ3n) is 5.59.